The number of carboxylic acids is 1. The first-order valence-electron chi connectivity index (χ1n) is 7.72. The second kappa shape index (κ2) is 8.59. The first kappa shape index (κ1) is 20.6. The Hall–Kier alpha value is -1.45. The molecule has 0 saturated carbocycles. The van der Waals surface area contributed by atoms with E-state index in [-0.39, 0.29) is 18.1 Å². The van der Waals surface area contributed by atoms with Crippen LogP contribution in [0.1, 0.15) is 40.0 Å². The van der Waals surface area contributed by atoms with Crippen LogP contribution >= 0.6 is 0 Å². The third kappa shape index (κ3) is 6.21. The van der Waals surface area contributed by atoms with Crippen LogP contribution in [0.15, 0.2) is 11.6 Å². The quantitative estimate of drug-likeness (QED) is 0.505. The van der Waals surface area contributed by atoms with Gasteiger partial charge in [0.05, 0.1) is 12.4 Å². The van der Waals surface area contributed by atoms with Gasteiger partial charge < -0.3 is 14.6 Å². The molecule has 0 spiro atoms. The van der Waals surface area contributed by atoms with E-state index in [1.54, 1.807) is 0 Å². The first-order valence-corrected chi connectivity index (χ1v) is 9.53. The highest BCUT2D eigenvalue weighted by atomic mass is 32.2. The Morgan fingerprint density at radius 3 is 2.33 bits per heavy atom. The molecule has 0 bridgehead atoms. The van der Waals surface area contributed by atoms with Crippen molar-refractivity contribution in [2.45, 2.75) is 64.4 Å². The summed E-state index contributed by atoms with van der Waals surface area (Å²) in [7, 11) is -3.86. The first-order chi connectivity index (χ1) is 11.1. The molecular weight excluding hydrogens is 340 g/mol. The maximum absolute atomic E-state index is 11.6. The van der Waals surface area contributed by atoms with Gasteiger partial charge in [0.15, 0.2) is 0 Å². The number of hydrogen-bond donors (Lipinski definition) is 1. The van der Waals surface area contributed by atoms with Gasteiger partial charge in [-0.1, -0.05) is 13.8 Å². The smallest absolute Gasteiger partial charge is 0.331 e. The van der Waals surface area contributed by atoms with Crippen LogP contribution in [0.25, 0.3) is 0 Å². The molecule has 0 aromatic rings. The van der Waals surface area contributed by atoms with Gasteiger partial charge in [-0.25, -0.2) is 4.79 Å². The third-order valence-corrected chi connectivity index (χ3v) is 4.19. The van der Waals surface area contributed by atoms with Gasteiger partial charge in [0.25, 0.3) is 10.1 Å². The van der Waals surface area contributed by atoms with Crippen molar-refractivity contribution < 1.29 is 36.8 Å². The molecule has 0 heterocycles. The van der Waals surface area contributed by atoms with Crippen molar-refractivity contribution in [2.24, 2.45) is 0 Å². The largest absolute Gasteiger partial charge is 0.478 e. The van der Waals surface area contributed by atoms with E-state index in [0.717, 1.165) is 13.2 Å². The fraction of sp³-hybridized carbons (Fsp3) is 0.733. The molecule has 0 aromatic carbocycles. The highest BCUT2D eigenvalue weighted by molar-refractivity contribution is 7.86. The van der Waals surface area contributed by atoms with Crippen LogP contribution in [0.5, 0.6) is 0 Å². The molecule has 1 aliphatic carbocycles. The number of carboxylic acid groups (broad SMARTS) is 1. The van der Waals surface area contributed by atoms with Gasteiger partial charge in [0.1, 0.15) is 18.3 Å². The molecule has 138 valence electrons. The van der Waals surface area contributed by atoms with E-state index >= 15 is 0 Å². The molecule has 0 radical (unpaired) electrons. The fourth-order valence-corrected chi connectivity index (χ4v) is 3.16. The average molecular weight is 364 g/mol. The van der Waals surface area contributed by atoms with Crippen LogP contribution < -0.4 is 0 Å². The van der Waals surface area contributed by atoms with Crippen LogP contribution in [0.4, 0.5) is 0 Å². The van der Waals surface area contributed by atoms with Crippen LogP contribution in [0.3, 0.4) is 0 Å². The molecule has 24 heavy (non-hydrogen) atoms. The highest BCUT2D eigenvalue weighted by Crippen LogP contribution is 2.29. The zero-order chi connectivity index (χ0) is 18.5. The van der Waals surface area contributed by atoms with Gasteiger partial charge in [-0.05, 0) is 18.9 Å². The lowest BCUT2D eigenvalue weighted by Crippen LogP contribution is -2.48. The Morgan fingerprint density at radius 1 is 1.33 bits per heavy atom. The molecule has 1 rings (SSSR count). The Kier molecular flexibility index (Phi) is 7.37. The van der Waals surface area contributed by atoms with E-state index in [1.807, 2.05) is 13.8 Å². The molecule has 1 N–H and O–H groups in total. The second-order valence-corrected chi connectivity index (χ2v) is 7.25. The standard InChI is InChI=1S/C15H24O8S/c1-5-11(6-2)22-13-8-10(15(17)18)7-12(21-9(3)16)14(13)23-24(4,19)20/h8,11-14H,5-7H2,1-4H3,(H,17,18). The Morgan fingerprint density at radius 2 is 1.92 bits per heavy atom. The minimum absolute atomic E-state index is 0.00874. The molecule has 3 unspecified atom stereocenters. The number of carbonyl (C=O) groups is 2. The minimum atomic E-state index is -3.86. The Labute approximate surface area is 141 Å². The summed E-state index contributed by atoms with van der Waals surface area (Å²) in [5.41, 5.74) is -0.00874. The number of hydrogen-bond acceptors (Lipinski definition) is 7. The molecule has 8 nitrogen and oxygen atoms in total. The van der Waals surface area contributed by atoms with Gasteiger partial charge in [0, 0.05) is 18.9 Å². The lowest BCUT2D eigenvalue weighted by molar-refractivity contribution is -0.159. The summed E-state index contributed by atoms with van der Waals surface area (Å²) in [6.07, 6.45) is 0.0221. The van der Waals surface area contributed by atoms with Crippen molar-refractivity contribution in [2.75, 3.05) is 6.26 Å². The Bertz CT molecular complexity index is 591. The maximum atomic E-state index is 11.6. The lowest BCUT2D eigenvalue weighted by atomic mass is 9.91. The van der Waals surface area contributed by atoms with Gasteiger partial charge in [-0.3, -0.25) is 8.98 Å². The number of esters is 1. The van der Waals surface area contributed by atoms with Crippen LogP contribution in [0, 0.1) is 0 Å². The molecule has 0 saturated heterocycles. The predicted octanol–water partition coefficient (Wildman–Crippen LogP) is 1.25. The van der Waals surface area contributed by atoms with Crippen molar-refractivity contribution in [3.8, 4) is 0 Å². The average Bonchev–Trinajstić information content (AvgIpc) is 2.45. The van der Waals surface area contributed by atoms with Gasteiger partial charge in [-0.15, -0.1) is 0 Å². The van der Waals surface area contributed by atoms with Crippen LogP contribution in [0.2, 0.25) is 0 Å². The second-order valence-electron chi connectivity index (χ2n) is 5.65. The predicted molar refractivity (Wildman–Crippen MR) is 84.8 cm³/mol. The summed E-state index contributed by atoms with van der Waals surface area (Å²) >= 11 is 0. The number of aliphatic carboxylic acids is 1. The normalized spacial score (nSPS) is 24.5. The summed E-state index contributed by atoms with van der Waals surface area (Å²) in [5, 5.41) is 9.25. The summed E-state index contributed by atoms with van der Waals surface area (Å²) in [6.45, 7) is 4.95. The molecule has 0 amide bonds. The van der Waals surface area contributed by atoms with E-state index < -0.39 is 40.4 Å². The number of rotatable bonds is 8. The minimum Gasteiger partial charge on any atom is -0.478 e. The van der Waals surface area contributed by atoms with Crippen LogP contribution in [-0.4, -0.2) is 56.1 Å². The van der Waals surface area contributed by atoms with E-state index in [1.165, 1.54) is 6.08 Å². The molecule has 3 atom stereocenters. The van der Waals surface area contributed by atoms with Crippen molar-refractivity contribution in [1.82, 2.24) is 0 Å². The summed E-state index contributed by atoms with van der Waals surface area (Å²) in [5.74, 6) is -1.84. The van der Waals surface area contributed by atoms with E-state index in [9.17, 15) is 23.1 Å². The molecule has 0 aliphatic heterocycles. The molecule has 1 aliphatic rings. The topological polar surface area (TPSA) is 116 Å². The van der Waals surface area contributed by atoms with E-state index in [4.69, 9.17) is 13.7 Å². The fourth-order valence-electron chi connectivity index (χ4n) is 2.52. The number of carbonyl (C=O) groups excluding carboxylic acids is 1. The molecular formula is C15H24O8S. The maximum Gasteiger partial charge on any atom is 0.331 e. The van der Waals surface area contributed by atoms with Crippen molar-refractivity contribution in [3.05, 3.63) is 11.6 Å². The van der Waals surface area contributed by atoms with Gasteiger partial charge >= 0.3 is 11.9 Å². The van der Waals surface area contributed by atoms with Gasteiger partial charge in [-0.2, -0.15) is 8.42 Å². The molecule has 0 aromatic heterocycles. The van der Waals surface area contributed by atoms with Crippen molar-refractivity contribution in [3.63, 3.8) is 0 Å². The van der Waals surface area contributed by atoms with E-state index in [2.05, 4.69) is 0 Å². The highest BCUT2D eigenvalue weighted by Gasteiger charge is 2.41. The monoisotopic (exact) mass is 364 g/mol. The van der Waals surface area contributed by atoms with Crippen molar-refractivity contribution in [1.29, 1.82) is 0 Å². The van der Waals surface area contributed by atoms with Crippen LogP contribution in [-0.2, 0) is 33.4 Å². The number of ether oxygens (including phenoxy) is 2. The van der Waals surface area contributed by atoms with Gasteiger partial charge in [0.2, 0.25) is 0 Å². The molecule has 0 fully saturated rings. The zero-order valence-corrected chi connectivity index (χ0v) is 15.0. The zero-order valence-electron chi connectivity index (χ0n) is 14.2. The lowest BCUT2D eigenvalue weighted by Gasteiger charge is -2.36. The summed E-state index contributed by atoms with van der Waals surface area (Å²) in [4.78, 5) is 22.6. The SMILES string of the molecule is CCC(CC)OC1C=C(C(=O)O)CC(OC(C)=O)C1OS(C)(=O)=O. The summed E-state index contributed by atoms with van der Waals surface area (Å²) in [6, 6.07) is 0. The third-order valence-electron chi connectivity index (χ3n) is 3.61. The Balaban J connectivity index is 3.22. The van der Waals surface area contributed by atoms with E-state index in [0.29, 0.717) is 12.8 Å². The summed E-state index contributed by atoms with van der Waals surface area (Å²) < 4.78 is 39.1. The van der Waals surface area contributed by atoms with Crippen molar-refractivity contribution >= 4 is 22.1 Å². The molecule has 9 heteroatoms.